The Kier molecular flexibility index (Phi) is 24.3. The van der Waals surface area contributed by atoms with Crippen LogP contribution in [-0.4, -0.2) is 112 Å². The predicted octanol–water partition coefficient (Wildman–Crippen LogP) is -0.624. The first-order valence-electron chi connectivity index (χ1n) is 12.0. The van der Waals surface area contributed by atoms with Gasteiger partial charge in [0.15, 0.2) is 0 Å². The summed E-state index contributed by atoms with van der Waals surface area (Å²) in [6.07, 6.45) is -1.63. The zero-order valence-electron chi connectivity index (χ0n) is 22.1. The molecular formula is C23H45N3O10. The van der Waals surface area contributed by atoms with E-state index in [-0.39, 0.29) is 51.2 Å². The molecule has 212 valence electrons. The van der Waals surface area contributed by atoms with E-state index >= 15 is 0 Å². The molecule has 0 fully saturated rings. The Bertz CT molecular complexity index is 590. The number of hydrogen-bond acceptors (Lipinski definition) is 12. The molecule has 0 aromatic heterocycles. The minimum Gasteiger partial charge on any atom is -0.463 e. The highest BCUT2D eigenvalue weighted by Crippen LogP contribution is 2.00. The van der Waals surface area contributed by atoms with Crippen molar-refractivity contribution < 1.29 is 48.3 Å². The number of ether oxygens (including phenoxy) is 4. The summed E-state index contributed by atoms with van der Waals surface area (Å²) in [5, 5.41) is 27.2. The molecule has 0 aromatic rings. The molecule has 0 saturated heterocycles. The molecule has 0 radical (unpaired) electrons. The second-order valence-electron chi connectivity index (χ2n) is 8.28. The van der Waals surface area contributed by atoms with E-state index in [0.29, 0.717) is 25.4 Å². The smallest absolute Gasteiger partial charge is 0.407 e. The molecule has 0 aliphatic carbocycles. The van der Waals surface area contributed by atoms with Crippen molar-refractivity contribution in [2.24, 2.45) is 5.92 Å². The van der Waals surface area contributed by atoms with Crippen LogP contribution in [0.4, 0.5) is 4.79 Å². The topological polar surface area (TPSA) is 182 Å². The van der Waals surface area contributed by atoms with Crippen molar-refractivity contribution in [3.05, 3.63) is 0 Å². The quantitative estimate of drug-likeness (QED) is 0.0627. The Morgan fingerprint density at radius 3 is 2.14 bits per heavy atom. The van der Waals surface area contributed by atoms with Gasteiger partial charge >= 0.3 is 18.0 Å². The van der Waals surface area contributed by atoms with Crippen molar-refractivity contribution in [2.45, 2.75) is 58.8 Å². The second-order valence-corrected chi connectivity index (χ2v) is 8.28. The normalized spacial score (nSPS) is 12.2. The van der Waals surface area contributed by atoms with E-state index in [9.17, 15) is 24.3 Å². The number of hydrogen-bond donors (Lipinski definition) is 5. The molecular weight excluding hydrogens is 478 g/mol. The number of esters is 2. The highest BCUT2D eigenvalue weighted by Gasteiger charge is 2.15. The number of aliphatic hydroxyl groups is 2. The van der Waals surface area contributed by atoms with Gasteiger partial charge in [0.25, 0.3) is 0 Å². The van der Waals surface area contributed by atoms with Crippen molar-refractivity contribution in [2.75, 3.05) is 59.7 Å². The number of methoxy groups -OCH3 is 1. The zero-order valence-corrected chi connectivity index (χ0v) is 22.1. The van der Waals surface area contributed by atoms with Crippen LogP contribution in [0, 0.1) is 5.92 Å². The minimum atomic E-state index is -1.10. The lowest BCUT2D eigenvalue weighted by Crippen LogP contribution is -2.37. The number of aldehydes is 1. The first kappa shape index (κ1) is 35.8. The van der Waals surface area contributed by atoms with Gasteiger partial charge in [-0.3, -0.25) is 9.59 Å². The van der Waals surface area contributed by atoms with Crippen LogP contribution in [-0.2, 0) is 33.3 Å². The number of alkyl carbamates (subject to hydrolysis) is 1. The lowest BCUT2D eigenvalue weighted by Gasteiger charge is -2.15. The molecule has 0 aliphatic rings. The van der Waals surface area contributed by atoms with Crippen LogP contribution in [0.3, 0.4) is 0 Å². The third kappa shape index (κ3) is 24.8. The fourth-order valence-electron chi connectivity index (χ4n) is 2.15. The van der Waals surface area contributed by atoms with Crippen molar-refractivity contribution in [1.82, 2.24) is 16.0 Å². The third-order valence-corrected chi connectivity index (χ3v) is 4.05. The van der Waals surface area contributed by atoms with E-state index in [2.05, 4.69) is 29.8 Å². The van der Waals surface area contributed by atoms with Crippen LogP contribution in [0.25, 0.3) is 0 Å². The highest BCUT2D eigenvalue weighted by atomic mass is 16.6. The molecule has 0 aromatic carbocycles. The fraction of sp³-hybridized carbons (Fsp3) is 0.826. The summed E-state index contributed by atoms with van der Waals surface area (Å²) in [6.45, 7) is 9.73. The van der Waals surface area contributed by atoms with Crippen LogP contribution >= 0.6 is 0 Å². The van der Waals surface area contributed by atoms with Gasteiger partial charge in [-0.1, -0.05) is 27.7 Å². The molecule has 13 nitrogen and oxygen atoms in total. The van der Waals surface area contributed by atoms with Gasteiger partial charge in [0, 0.05) is 45.8 Å². The molecule has 13 heteroatoms. The molecule has 0 bridgehead atoms. The van der Waals surface area contributed by atoms with Gasteiger partial charge in [-0.2, -0.15) is 0 Å². The van der Waals surface area contributed by atoms with E-state index in [0.717, 1.165) is 13.1 Å². The first-order chi connectivity index (χ1) is 17.1. The van der Waals surface area contributed by atoms with Gasteiger partial charge in [-0.05, 0) is 0 Å². The second kappa shape index (κ2) is 24.4. The summed E-state index contributed by atoms with van der Waals surface area (Å²) >= 11 is 0. The predicted molar refractivity (Wildman–Crippen MR) is 131 cm³/mol. The number of aliphatic hydroxyl groups excluding tert-OH is 2. The summed E-state index contributed by atoms with van der Waals surface area (Å²) in [6, 6.07) is 0.440. The molecule has 36 heavy (non-hydrogen) atoms. The molecule has 2 unspecified atom stereocenters. The van der Waals surface area contributed by atoms with Gasteiger partial charge in [-0.15, -0.1) is 0 Å². The Morgan fingerprint density at radius 1 is 0.944 bits per heavy atom. The molecule has 0 aliphatic heterocycles. The van der Waals surface area contributed by atoms with Crippen molar-refractivity contribution >= 4 is 24.3 Å². The zero-order chi connectivity index (χ0) is 27.8. The molecule has 0 spiro atoms. The summed E-state index contributed by atoms with van der Waals surface area (Å²) in [5.74, 6) is -1.06. The summed E-state index contributed by atoms with van der Waals surface area (Å²) in [7, 11) is 1.49. The molecule has 0 rings (SSSR count). The first-order valence-corrected chi connectivity index (χ1v) is 12.0. The number of carbonyl (C=O) groups is 4. The van der Waals surface area contributed by atoms with Gasteiger partial charge in [-0.25, -0.2) is 4.79 Å². The minimum absolute atomic E-state index is 0.0305. The number of carbonyl (C=O) groups excluding carboxylic acids is 4. The van der Waals surface area contributed by atoms with E-state index in [1.165, 1.54) is 7.11 Å². The highest BCUT2D eigenvalue weighted by molar-refractivity contribution is 5.72. The number of rotatable bonds is 19. The molecule has 1 amide bonds. The SMILES string of the molecule is CC(C)NCCNCCNC(=O)OCC(O)COC(=O)CCC=O.COCC(CO)OC(=O)C(C)C. The van der Waals surface area contributed by atoms with Crippen LogP contribution in [0.2, 0.25) is 0 Å². The van der Waals surface area contributed by atoms with E-state index in [1.807, 2.05) is 0 Å². The monoisotopic (exact) mass is 523 g/mol. The Labute approximate surface area is 213 Å². The number of amides is 1. The average Bonchev–Trinajstić information content (AvgIpc) is 2.83. The summed E-state index contributed by atoms with van der Waals surface area (Å²) in [4.78, 5) is 43.6. The summed E-state index contributed by atoms with van der Waals surface area (Å²) in [5.41, 5.74) is 0. The molecule has 0 saturated carbocycles. The maximum absolute atomic E-state index is 11.4. The fourth-order valence-corrected chi connectivity index (χ4v) is 2.15. The van der Waals surface area contributed by atoms with Crippen LogP contribution in [0.5, 0.6) is 0 Å². The van der Waals surface area contributed by atoms with Gasteiger partial charge in [0.05, 0.1) is 25.6 Å². The Balaban J connectivity index is 0. The third-order valence-electron chi connectivity index (χ3n) is 4.05. The van der Waals surface area contributed by atoms with Crippen LogP contribution in [0.1, 0.15) is 40.5 Å². The average molecular weight is 524 g/mol. The van der Waals surface area contributed by atoms with Gasteiger partial charge in [0.1, 0.15) is 31.7 Å². The summed E-state index contributed by atoms with van der Waals surface area (Å²) < 4.78 is 19.1. The van der Waals surface area contributed by atoms with Gasteiger partial charge in [0.2, 0.25) is 0 Å². The van der Waals surface area contributed by atoms with Crippen molar-refractivity contribution in [1.29, 1.82) is 0 Å². The molecule has 5 N–H and O–H groups in total. The maximum atomic E-state index is 11.4. The van der Waals surface area contributed by atoms with Crippen LogP contribution < -0.4 is 16.0 Å². The Morgan fingerprint density at radius 2 is 1.58 bits per heavy atom. The van der Waals surface area contributed by atoms with Crippen molar-refractivity contribution in [3.8, 4) is 0 Å². The van der Waals surface area contributed by atoms with Crippen molar-refractivity contribution in [3.63, 3.8) is 0 Å². The van der Waals surface area contributed by atoms with Crippen LogP contribution in [0.15, 0.2) is 0 Å². The van der Waals surface area contributed by atoms with E-state index < -0.39 is 24.3 Å². The largest absolute Gasteiger partial charge is 0.463 e. The number of nitrogens with one attached hydrogen (secondary N) is 3. The Hall–Kier alpha value is -2.32. The van der Waals surface area contributed by atoms with E-state index in [4.69, 9.17) is 24.1 Å². The maximum Gasteiger partial charge on any atom is 0.407 e. The standard InChI is InChI=1S/C15H29N3O6.C8H16O4/c1-12(2)17-7-5-16-6-8-18-15(22)24-11-13(20)10-23-14(21)4-3-9-19;1-6(2)8(10)12-7(4-9)5-11-3/h9,12-13,16-17,20H,3-8,10-11H2,1-2H3,(H,18,22);6-7,9H,4-5H2,1-3H3. The lowest BCUT2D eigenvalue weighted by molar-refractivity contribution is -0.157. The molecule has 0 heterocycles. The van der Waals surface area contributed by atoms with Gasteiger partial charge < -0.3 is 49.9 Å². The van der Waals surface area contributed by atoms with E-state index in [1.54, 1.807) is 13.8 Å². The molecule has 2 atom stereocenters. The lowest BCUT2D eigenvalue weighted by atomic mass is 10.2.